The van der Waals surface area contributed by atoms with Crippen molar-refractivity contribution in [1.29, 1.82) is 0 Å². The number of aliphatic hydroxyl groups is 1. The van der Waals surface area contributed by atoms with E-state index < -0.39 is 5.85 Å². The van der Waals surface area contributed by atoms with Gasteiger partial charge in [0.1, 0.15) is 0 Å². The topological polar surface area (TPSA) is 43.8 Å². The summed E-state index contributed by atoms with van der Waals surface area (Å²) in [5.74, 6) is -1.64. The molecule has 1 N–H and O–H groups in total. The number of fused-ring (bicyclic) bond motifs is 8. The van der Waals surface area contributed by atoms with Gasteiger partial charge in [0.15, 0.2) is 6.29 Å². The van der Waals surface area contributed by atoms with E-state index in [4.69, 9.17) is 0 Å². The van der Waals surface area contributed by atoms with E-state index in [-0.39, 0.29) is 11.5 Å². The second-order valence-corrected chi connectivity index (χ2v) is 14.9. The summed E-state index contributed by atoms with van der Waals surface area (Å²) < 4.78 is 0. The number of aryl methyl sites for hydroxylation is 3. The molecule has 4 heteroatoms. The average molecular weight is 653 g/mol. The molecule has 0 radical (unpaired) electrons. The van der Waals surface area contributed by atoms with E-state index in [9.17, 15) is 9.90 Å². The van der Waals surface area contributed by atoms with Crippen molar-refractivity contribution in [2.45, 2.75) is 51.9 Å². The van der Waals surface area contributed by atoms with Crippen LogP contribution < -0.4 is 4.90 Å². The van der Waals surface area contributed by atoms with Gasteiger partial charge in [0.05, 0.1) is 11.7 Å². The Hall–Kier alpha value is -5.45. The standard InChI is InChI=1S/C46H40N2O2/c1-28-12-11-15-33(21-28)36-25-42-39-22-29(2)20-30(3)44(39)46(50,47-19-18-32(23-34(47)27-49)31-13-7-6-8-14-31)48(42)43-26-41-37(24-38(36)43)35-16-9-10-17-40(35)45(41,4)5/h6-18,20-27,42,50H,19H2,1-5H3/t42?,46-/m1/s1. The first-order valence-corrected chi connectivity index (χ1v) is 17.5. The molecule has 5 aromatic rings. The Morgan fingerprint density at radius 1 is 0.760 bits per heavy atom. The molecule has 3 aliphatic heterocycles. The summed E-state index contributed by atoms with van der Waals surface area (Å²) in [6.45, 7) is 11.3. The average Bonchev–Trinajstić information content (AvgIpc) is 3.51. The Bertz CT molecular complexity index is 2360. The van der Waals surface area contributed by atoms with Crippen LogP contribution in [0.1, 0.15) is 75.5 Å². The lowest BCUT2D eigenvalue weighted by Gasteiger charge is -2.49. The van der Waals surface area contributed by atoms with Crippen LogP contribution in [0.5, 0.6) is 0 Å². The van der Waals surface area contributed by atoms with E-state index in [1.165, 1.54) is 27.8 Å². The Morgan fingerprint density at radius 2 is 1.52 bits per heavy atom. The van der Waals surface area contributed by atoms with Gasteiger partial charge in [0.25, 0.3) is 0 Å². The van der Waals surface area contributed by atoms with Crippen molar-refractivity contribution in [3.63, 3.8) is 0 Å². The molecule has 9 rings (SSSR count). The predicted octanol–water partition coefficient (Wildman–Crippen LogP) is 9.51. The van der Waals surface area contributed by atoms with Crippen LogP contribution in [-0.4, -0.2) is 22.8 Å². The number of hydrogen-bond donors (Lipinski definition) is 1. The summed E-state index contributed by atoms with van der Waals surface area (Å²) in [4.78, 5) is 17.1. The highest BCUT2D eigenvalue weighted by Crippen LogP contribution is 2.60. The van der Waals surface area contributed by atoms with E-state index in [0.717, 1.165) is 62.1 Å². The molecular weight excluding hydrogens is 613 g/mol. The van der Waals surface area contributed by atoms with E-state index in [2.05, 4.69) is 137 Å². The fraction of sp³-hybridized carbons (Fsp3) is 0.196. The van der Waals surface area contributed by atoms with Gasteiger partial charge >= 0.3 is 0 Å². The maximum Gasteiger partial charge on any atom is 0.248 e. The van der Waals surface area contributed by atoms with E-state index in [0.29, 0.717) is 12.2 Å². The van der Waals surface area contributed by atoms with Crippen LogP contribution in [0.3, 0.4) is 0 Å². The third kappa shape index (κ3) is 4.18. The van der Waals surface area contributed by atoms with Crippen molar-refractivity contribution in [2.24, 2.45) is 0 Å². The number of hydrogen-bond acceptors (Lipinski definition) is 4. The highest BCUT2D eigenvalue weighted by atomic mass is 16.3. The van der Waals surface area contributed by atoms with Crippen molar-refractivity contribution < 1.29 is 9.90 Å². The molecule has 0 bridgehead atoms. The molecule has 0 fully saturated rings. The molecule has 3 heterocycles. The Labute approximate surface area is 294 Å². The van der Waals surface area contributed by atoms with Crippen molar-refractivity contribution in [2.75, 3.05) is 11.4 Å². The van der Waals surface area contributed by atoms with Crippen molar-refractivity contribution >= 4 is 23.1 Å². The fourth-order valence-electron chi connectivity index (χ4n) is 9.18. The zero-order chi connectivity index (χ0) is 34.5. The Kier molecular flexibility index (Phi) is 6.59. The lowest BCUT2D eigenvalue weighted by molar-refractivity contribution is -0.116. The molecule has 5 aromatic carbocycles. The Balaban J connectivity index is 1.32. The summed E-state index contributed by atoms with van der Waals surface area (Å²) in [5, 5.41) is 13.7. The van der Waals surface area contributed by atoms with Crippen LogP contribution in [0, 0.1) is 20.8 Å². The highest BCUT2D eigenvalue weighted by molar-refractivity contribution is 5.96. The van der Waals surface area contributed by atoms with Crippen LogP contribution in [0.2, 0.25) is 0 Å². The van der Waals surface area contributed by atoms with E-state index >= 15 is 0 Å². The molecule has 1 aliphatic carbocycles. The maximum absolute atomic E-state index is 13.7. The van der Waals surface area contributed by atoms with Gasteiger partial charge in [-0.25, -0.2) is 0 Å². The van der Waals surface area contributed by atoms with Gasteiger partial charge < -0.3 is 14.9 Å². The van der Waals surface area contributed by atoms with Crippen LogP contribution in [0.4, 0.5) is 5.69 Å². The number of carbonyl (C=O) groups is 1. The van der Waals surface area contributed by atoms with E-state index in [1.807, 2.05) is 29.2 Å². The molecule has 0 spiro atoms. The molecule has 0 saturated heterocycles. The first-order valence-electron chi connectivity index (χ1n) is 17.5. The zero-order valence-electron chi connectivity index (χ0n) is 29.2. The minimum atomic E-state index is -1.64. The summed E-state index contributed by atoms with van der Waals surface area (Å²) >= 11 is 0. The largest absolute Gasteiger partial charge is 0.350 e. The Morgan fingerprint density at radius 3 is 2.30 bits per heavy atom. The minimum absolute atomic E-state index is 0.232. The summed E-state index contributed by atoms with van der Waals surface area (Å²) in [6.07, 6.45) is 7.27. The van der Waals surface area contributed by atoms with Gasteiger partial charge in [-0.05, 0) is 101 Å². The number of nitrogens with zero attached hydrogens (tertiary/aromatic N) is 2. The molecule has 0 amide bonds. The monoisotopic (exact) mass is 652 g/mol. The highest BCUT2D eigenvalue weighted by Gasteiger charge is 2.57. The molecule has 2 atom stereocenters. The van der Waals surface area contributed by atoms with Crippen LogP contribution in [-0.2, 0) is 16.1 Å². The van der Waals surface area contributed by atoms with Gasteiger partial charge in [-0.2, -0.15) is 0 Å². The zero-order valence-corrected chi connectivity index (χ0v) is 29.2. The second-order valence-electron chi connectivity index (χ2n) is 14.9. The fourth-order valence-corrected chi connectivity index (χ4v) is 9.18. The molecule has 50 heavy (non-hydrogen) atoms. The smallest absolute Gasteiger partial charge is 0.248 e. The van der Waals surface area contributed by atoms with E-state index in [1.54, 1.807) is 0 Å². The molecule has 4 nitrogen and oxygen atoms in total. The SMILES string of the molecule is Cc1cccc(C2=CC3c4cc(C)cc(C)c4[C@@](O)(N4CC=C(c5ccccc5)C=C4C=O)N3c3cc4c(cc32)-c2ccccc2C4(C)C)c1. The summed E-state index contributed by atoms with van der Waals surface area (Å²) in [6, 6.07) is 36.4. The van der Waals surface area contributed by atoms with Crippen LogP contribution in [0.25, 0.3) is 22.3 Å². The molecule has 1 unspecified atom stereocenters. The summed E-state index contributed by atoms with van der Waals surface area (Å²) in [5.41, 5.74) is 16.9. The molecule has 246 valence electrons. The van der Waals surface area contributed by atoms with Crippen LogP contribution in [0.15, 0.2) is 127 Å². The van der Waals surface area contributed by atoms with Crippen molar-refractivity contribution in [1.82, 2.24) is 4.90 Å². The molecule has 0 saturated carbocycles. The normalized spacial score (nSPS) is 20.9. The minimum Gasteiger partial charge on any atom is -0.350 e. The quantitative estimate of drug-likeness (QED) is 0.197. The van der Waals surface area contributed by atoms with Gasteiger partial charge in [-0.1, -0.05) is 122 Å². The molecule has 4 aliphatic rings. The van der Waals surface area contributed by atoms with Gasteiger partial charge in [-0.15, -0.1) is 0 Å². The summed E-state index contributed by atoms with van der Waals surface area (Å²) in [7, 11) is 0. The molecule has 0 aromatic heterocycles. The lowest BCUT2D eigenvalue weighted by atomic mass is 9.80. The van der Waals surface area contributed by atoms with Gasteiger partial charge in [0.2, 0.25) is 5.85 Å². The predicted molar refractivity (Wildman–Crippen MR) is 203 cm³/mol. The number of rotatable bonds is 4. The lowest BCUT2D eigenvalue weighted by Crippen LogP contribution is -2.57. The maximum atomic E-state index is 13.7. The number of allylic oxidation sites excluding steroid dienone is 3. The first kappa shape index (κ1) is 30.6. The number of carbonyl (C=O) groups excluding carboxylic acids is 1. The third-order valence-electron chi connectivity index (χ3n) is 11.4. The van der Waals surface area contributed by atoms with Crippen LogP contribution >= 0.6 is 0 Å². The van der Waals surface area contributed by atoms with Gasteiger partial charge in [-0.3, -0.25) is 4.79 Å². The number of anilines is 1. The number of aldehydes is 1. The third-order valence-corrected chi connectivity index (χ3v) is 11.4. The number of benzene rings is 5. The second kappa shape index (κ2) is 10.8. The first-order chi connectivity index (χ1) is 24.1. The van der Waals surface area contributed by atoms with Crippen molar-refractivity contribution in [3.8, 4) is 11.1 Å². The van der Waals surface area contributed by atoms with Crippen molar-refractivity contribution in [3.05, 3.63) is 183 Å². The van der Waals surface area contributed by atoms with Gasteiger partial charge in [0, 0.05) is 28.8 Å². The molecular formula is C46H40N2O2.